The molecule has 3 rings (SSSR count). The van der Waals surface area contributed by atoms with Gasteiger partial charge in [0, 0.05) is 23.5 Å². The minimum Gasteiger partial charge on any atom is -0.379 e. The van der Waals surface area contributed by atoms with Crippen LogP contribution in [0.2, 0.25) is 0 Å². The molecule has 0 aliphatic heterocycles. The van der Waals surface area contributed by atoms with Gasteiger partial charge in [0.05, 0.1) is 12.2 Å². The maximum Gasteiger partial charge on any atom is 0.193 e. The largest absolute Gasteiger partial charge is 0.379 e. The zero-order valence-corrected chi connectivity index (χ0v) is 11.9. The zero-order chi connectivity index (χ0) is 13.2. The number of nitrogens with zero attached hydrogens (tertiary/aromatic N) is 2. The van der Waals surface area contributed by atoms with Crippen LogP contribution < -0.4 is 5.32 Å². The molecule has 3 aromatic rings. The molecule has 0 aliphatic rings. The first-order chi connectivity index (χ1) is 9.24. The topological polar surface area (TPSA) is 29.3 Å². The van der Waals surface area contributed by atoms with Crippen LogP contribution in [0.4, 0.5) is 5.69 Å². The lowest BCUT2D eigenvalue weighted by Crippen LogP contribution is -2.03. The summed E-state index contributed by atoms with van der Waals surface area (Å²) in [5, 5.41) is 5.54. The minimum atomic E-state index is 0.522. The lowest BCUT2D eigenvalue weighted by Gasteiger charge is -2.13. The number of thiazole rings is 1. The van der Waals surface area contributed by atoms with E-state index in [1.807, 2.05) is 11.6 Å². The molecule has 2 aromatic heterocycles. The molecule has 0 saturated carbocycles. The first kappa shape index (κ1) is 12.2. The number of hydrogen-bond donors (Lipinski definition) is 1. The third-order valence-electron chi connectivity index (χ3n) is 3.19. The van der Waals surface area contributed by atoms with Gasteiger partial charge < -0.3 is 5.32 Å². The lowest BCUT2D eigenvalue weighted by atomic mass is 10.0. The van der Waals surface area contributed by atoms with Gasteiger partial charge in [-0.3, -0.25) is 4.40 Å². The Labute approximate surface area is 116 Å². The van der Waals surface area contributed by atoms with Crippen LogP contribution >= 0.6 is 11.3 Å². The Balaban J connectivity index is 1.77. The van der Waals surface area contributed by atoms with Crippen LogP contribution in [0, 0.1) is 0 Å². The van der Waals surface area contributed by atoms with Gasteiger partial charge in [-0.15, -0.1) is 11.3 Å². The maximum absolute atomic E-state index is 4.58. The van der Waals surface area contributed by atoms with Crippen LogP contribution in [0.25, 0.3) is 4.96 Å². The van der Waals surface area contributed by atoms with Crippen LogP contribution in [0.3, 0.4) is 0 Å². The van der Waals surface area contributed by atoms with Crippen molar-refractivity contribution in [2.24, 2.45) is 0 Å². The molecule has 0 atom stereocenters. The Hall–Kier alpha value is -1.81. The molecule has 0 radical (unpaired) electrons. The lowest BCUT2D eigenvalue weighted by molar-refractivity contribution is 0.864. The highest BCUT2D eigenvalue weighted by atomic mass is 32.1. The summed E-state index contributed by atoms with van der Waals surface area (Å²) < 4.78 is 2.07. The van der Waals surface area contributed by atoms with E-state index in [4.69, 9.17) is 0 Å². The third-order valence-corrected chi connectivity index (χ3v) is 3.96. The fourth-order valence-corrected chi connectivity index (χ4v) is 2.93. The van der Waals surface area contributed by atoms with E-state index in [9.17, 15) is 0 Å². The molecule has 0 aliphatic carbocycles. The quantitative estimate of drug-likeness (QED) is 0.773. The predicted molar refractivity (Wildman–Crippen MR) is 80.9 cm³/mol. The first-order valence-electron chi connectivity index (χ1n) is 6.48. The van der Waals surface area contributed by atoms with E-state index in [-0.39, 0.29) is 0 Å². The molecule has 0 bridgehead atoms. The van der Waals surface area contributed by atoms with Crippen molar-refractivity contribution < 1.29 is 0 Å². The van der Waals surface area contributed by atoms with Gasteiger partial charge in [0.1, 0.15) is 0 Å². The average molecular weight is 271 g/mol. The fraction of sp³-hybridized carbons (Fsp3) is 0.267. The highest BCUT2D eigenvalue weighted by Crippen LogP contribution is 2.24. The molecule has 1 N–H and O–H groups in total. The average Bonchev–Trinajstić information content (AvgIpc) is 2.97. The summed E-state index contributed by atoms with van der Waals surface area (Å²) in [5.74, 6) is 0.522. The van der Waals surface area contributed by atoms with Crippen molar-refractivity contribution in [2.45, 2.75) is 26.3 Å². The Bertz CT molecular complexity index is 653. The summed E-state index contributed by atoms with van der Waals surface area (Å²) in [6, 6.07) is 8.47. The smallest absolute Gasteiger partial charge is 0.193 e. The summed E-state index contributed by atoms with van der Waals surface area (Å²) in [6.07, 6.45) is 4.12. The van der Waals surface area contributed by atoms with Crippen molar-refractivity contribution in [3.8, 4) is 0 Å². The number of para-hydroxylation sites is 1. The van der Waals surface area contributed by atoms with Crippen LogP contribution in [0.15, 0.2) is 42.0 Å². The van der Waals surface area contributed by atoms with Gasteiger partial charge in [0.15, 0.2) is 4.96 Å². The van der Waals surface area contributed by atoms with Crippen LogP contribution in [0.5, 0.6) is 0 Å². The molecule has 98 valence electrons. The molecule has 19 heavy (non-hydrogen) atoms. The summed E-state index contributed by atoms with van der Waals surface area (Å²) in [6.45, 7) is 5.19. The molecule has 0 spiro atoms. The Morgan fingerprint density at radius 1 is 1.32 bits per heavy atom. The molecule has 0 fully saturated rings. The molecule has 0 saturated heterocycles. The van der Waals surface area contributed by atoms with E-state index in [1.165, 1.54) is 11.3 Å². The fourth-order valence-electron chi connectivity index (χ4n) is 2.21. The maximum atomic E-state index is 4.58. The number of aromatic nitrogens is 2. The summed E-state index contributed by atoms with van der Waals surface area (Å²) in [4.78, 5) is 5.63. The molecule has 0 unspecified atom stereocenters. The highest BCUT2D eigenvalue weighted by molar-refractivity contribution is 7.15. The predicted octanol–water partition coefficient (Wildman–Crippen LogP) is 4.13. The van der Waals surface area contributed by atoms with Crippen LogP contribution in [0.1, 0.15) is 31.0 Å². The number of imidazole rings is 1. The highest BCUT2D eigenvalue weighted by Gasteiger charge is 2.07. The van der Waals surface area contributed by atoms with Gasteiger partial charge in [-0.1, -0.05) is 32.0 Å². The van der Waals surface area contributed by atoms with Crippen molar-refractivity contribution in [3.05, 3.63) is 53.3 Å². The van der Waals surface area contributed by atoms with Gasteiger partial charge >= 0.3 is 0 Å². The van der Waals surface area contributed by atoms with Crippen LogP contribution in [-0.2, 0) is 6.54 Å². The summed E-state index contributed by atoms with van der Waals surface area (Å²) in [7, 11) is 0. The number of anilines is 1. The number of rotatable bonds is 4. The molecule has 2 heterocycles. The second-order valence-corrected chi connectivity index (χ2v) is 5.79. The van der Waals surface area contributed by atoms with Gasteiger partial charge in [0.25, 0.3) is 0 Å². The number of nitrogens with one attached hydrogen (secondary N) is 1. The zero-order valence-electron chi connectivity index (χ0n) is 11.1. The van der Waals surface area contributed by atoms with Gasteiger partial charge in [-0.25, -0.2) is 4.98 Å². The van der Waals surface area contributed by atoms with E-state index < -0.39 is 0 Å². The standard InChI is InChI=1S/C15H17N3S/c1-11(2)13-5-3-4-6-14(13)16-9-12-10-18-7-8-19-15(18)17-12/h3-8,10-11,16H,9H2,1-2H3. The van der Waals surface area contributed by atoms with Crippen molar-refractivity contribution >= 4 is 22.0 Å². The van der Waals surface area contributed by atoms with Gasteiger partial charge in [-0.05, 0) is 17.5 Å². The van der Waals surface area contributed by atoms with E-state index in [0.717, 1.165) is 17.2 Å². The Morgan fingerprint density at radius 2 is 2.16 bits per heavy atom. The molecule has 0 amide bonds. The van der Waals surface area contributed by atoms with E-state index in [1.54, 1.807) is 11.3 Å². The van der Waals surface area contributed by atoms with E-state index >= 15 is 0 Å². The van der Waals surface area contributed by atoms with Gasteiger partial charge in [0.2, 0.25) is 0 Å². The molecular weight excluding hydrogens is 254 g/mol. The number of benzene rings is 1. The second kappa shape index (κ2) is 5.05. The SMILES string of the molecule is CC(C)c1ccccc1NCc1cn2ccsc2n1. The first-order valence-corrected chi connectivity index (χ1v) is 7.36. The Morgan fingerprint density at radius 3 is 2.95 bits per heavy atom. The number of hydrogen-bond acceptors (Lipinski definition) is 3. The summed E-state index contributed by atoms with van der Waals surface area (Å²) >= 11 is 1.66. The monoisotopic (exact) mass is 271 g/mol. The third kappa shape index (κ3) is 2.49. The minimum absolute atomic E-state index is 0.522. The molecule has 4 heteroatoms. The Kier molecular flexibility index (Phi) is 3.25. The van der Waals surface area contributed by atoms with E-state index in [0.29, 0.717) is 5.92 Å². The normalized spacial score (nSPS) is 11.3. The van der Waals surface area contributed by atoms with Crippen molar-refractivity contribution in [2.75, 3.05) is 5.32 Å². The van der Waals surface area contributed by atoms with E-state index in [2.05, 4.69) is 59.0 Å². The molecular formula is C15H17N3S. The van der Waals surface area contributed by atoms with Crippen LogP contribution in [-0.4, -0.2) is 9.38 Å². The molecule has 3 nitrogen and oxygen atoms in total. The summed E-state index contributed by atoms with van der Waals surface area (Å²) in [5.41, 5.74) is 3.63. The van der Waals surface area contributed by atoms with Crippen molar-refractivity contribution in [1.82, 2.24) is 9.38 Å². The van der Waals surface area contributed by atoms with Gasteiger partial charge in [-0.2, -0.15) is 0 Å². The van der Waals surface area contributed by atoms with Crippen molar-refractivity contribution in [3.63, 3.8) is 0 Å². The number of fused-ring (bicyclic) bond motifs is 1. The van der Waals surface area contributed by atoms with Crippen molar-refractivity contribution in [1.29, 1.82) is 0 Å². The second-order valence-electron chi connectivity index (χ2n) is 4.92. The molecule has 1 aromatic carbocycles.